The highest BCUT2D eigenvalue weighted by molar-refractivity contribution is 5.47. The number of alkyl halides is 53. The first kappa shape index (κ1) is 133. The predicted molar refractivity (Wildman–Crippen MR) is 311 cm³/mol. The Morgan fingerprint density at radius 1 is 0.205 bits per heavy atom. The highest BCUT2D eigenvalue weighted by Crippen LogP contribution is 2.66. The van der Waals surface area contributed by atoms with Gasteiger partial charge in [0.05, 0.1) is 30.9 Å². The second kappa shape index (κ2) is 44.9. The molecule has 3 aromatic carbocycles. The summed E-state index contributed by atoms with van der Waals surface area (Å²) in [7, 11) is 0. The maximum absolute atomic E-state index is 13.6. The van der Waals surface area contributed by atoms with Gasteiger partial charge in [0.1, 0.15) is 90.3 Å². The summed E-state index contributed by atoms with van der Waals surface area (Å²) < 4.78 is 721. The van der Waals surface area contributed by atoms with Gasteiger partial charge in [-0.1, -0.05) is 24.3 Å². The van der Waals surface area contributed by atoms with Gasteiger partial charge in [-0.25, -0.2) is 22.0 Å². The lowest BCUT2D eigenvalue weighted by atomic mass is 9.73. The van der Waals surface area contributed by atoms with Gasteiger partial charge in [-0.15, -0.1) is 0 Å². The van der Waals surface area contributed by atoms with E-state index in [-0.39, 0.29) is 0 Å². The van der Waals surface area contributed by atoms with E-state index < -0.39 is 310 Å². The molecule has 3 rings (SSSR count). The van der Waals surface area contributed by atoms with Crippen molar-refractivity contribution in [2.75, 3.05) is 79.4 Å². The topological polar surface area (TPSA) is 324 Å². The zero-order chi connectivity index (χ0) is 108. The molecule has 73 heteroatoms. The smallest absolute Gasteiger partial charge is 0.411 e. The fourth-order valence-corrected chi connectivity index (χ4v) is 7.31. The Bertz CT molecular complexity index is 3700. The minimum absolute atomic E-state index is 0.460. The fraction of sp³-hybridized carbons (Fsp3) is 0.695. The SMILES string of the molecule is OCC(F)(F)C(F)(F)C(F)(F)C(F)(F)C(F)(F)C(F)(F)C(F)(F)C(F)(F)CO.OCC(F)(F)C(F)(F)C(F)(F)C(F)(F)C(F)(F)C(F)(F)CO.OCC(F)(F)C(F)(F)C(F)(F)C(F)(F)CO.OCC(F)(F)C(F)(F)C(F)(F)CO.OCC(F)(F)C(F)(F)CO.OCC(O)CF.OCc1c(F)c(F)c(CO)c(F)c1F.Oc1ccc(C(c2ccc(O)cc2)(C(F)(F)F)C(F)(F)F)cc1. The van der Waals surface area contributed by atoms with Crippen molar-refractivity contribution < 1.29 is 332 Å². The number of phenolic OH excluding ortho intramolecular Hbond substituents is 2. The van der Waals surface area contributed by atoms with E-state index in [1.165, 1.54) is 0 Å². The molecule has 0 spiro atoms. The number of phenols is 2. The Morgan fingerprint density at radius 2 is 0.341 bits per heavy atom. The standard InChI is InChI=1S/C15H10F6O2.C10H6F16O2.C8H6F12O2.C8H6F4O2.C6H6F8O2.C5H6F6O2.C4H6F4O2.C3H7FO2/c16-14(17,18)13(15(19,20)21,9-1-5-11(22)6-2-9)10-3-7-12(23)8-4-10;11-3(12,1-27)5(15,16)7(19,20)9(23,24)10(25,26)8(21,22)6(17,18)4(13,14)2-28;9-3(10,1-21)5(13,14)7(17,18)8(19,20)6(15,16)4(11,12)2-22;9-5-3(1-13)6(10)8(12)4(2-14)7(5)11;7-3(8,1-15)5(11,12)6(13,14)4(9,10)2-16;6-3(7,1-12)5(10,11)4(8,9)2-13;5-3(6,1-9)4(7,8)2-10;4-1-3(6)2-5/h1-8,22-23H;27-28H,1-2H2;21-22H,1-2H2;13-14H,1-2H2;15-16H,1-2H2;12-13H,1-2H2;9-10H,1-2H2;3,5-6H,1-2H2. The molecule has 1 unspecified atom stereocenters. The van der Waals surface area contributed by atoms with Crippen LogP contribution in [0.4, 0.5) is 250 Å². The van der Waals surface area contributed by atoms with Crippen molar-refractivity contribution in [2.24, 2.45) is 0 Å². The molecule has 0 aliphatic carbocycles. The van der Waals surface area contributed by atoms with Crippen LogP contribution in [0.1, 0.15) is 22.3 Å². The lowest BCUT2D eigenvalue weighted by molar-refractivity contribution is -0.454. The third kappa shape index (κ3) is 25.6. The van der Waals surface area contributed by atoms with Crippen molar-refractivity contribution >= 4 is 0 Å². The molecule has 3 aromatic rings. The zero-order valence-corrected chi connectivity index (χ0v) is 61.8. The molecule has 132 heavy (non-hydrogen) atoms. The molecule has 0 amide bonds. The van der Waals surface area contributed by atoms with E-state index in [0.717, 1.165) is 24.3 Å². The van der Waals surface area contributed by atoms with Crippen LogP contribution in [0.15, 0.2) is 48.5 Å². The highest BCUT2D eigenvalue weighted by Gasteiger charge is 2.95. The largest absolute Gasteiger partial charge is 0.508 e. The van der Waals surface area contributed by atoms with Crippen LogP contribution in [0.2, 0.25) is 0 Å². The minimum atomic E-state index is -8.51. The minimum Gasteiger partial charge on any atom is -0.508 e. The molecule has 0 aromatic heterocycles. The Hall–Kier alpha value is -7.29. The Kier molecular flexibility index (Phi) is 45.3. The van der Waals surface area contributed by atoms with Crippen LogP contribution < -0.4 is 0 Å². The summed E-state index contributed by atoms with van der Waals surface area (Å²) in [5.74, 6) is -163. The van der Waals surface area contributed by atoms with Crippen LogP contribution in [0.3, 0.4) is 0 Å². The molecule has 0 radical (unpaired) electrons. The van der Waals surface area contributed by atoms with Crippen molar-refractivity contribution in [3.05, 3.63) is 94.1 Å². The molecular formula is C59H53F57O16. The van der Waals surface area contributed by atoms with Crippen LogP contribution >= 0.6 is 0 Å². The van der Waals surface area contributed by atoms with E-state index in [1.54, 1.807) is 0 Å². The molecule has 784 valence electrons. The van der Waals surface area contributed by atoms with Gasteiger partial charge in [-0.05, 0) is 35.4 Å². The van der Waals surface area contributed by atoms with Gasteiger partial charge in [0.25, 0.3) is 0 Å². The van der Waals surface area contributed by atoms with Crippen LogP contribution in [0.25, 0.3) is 0 Å². The summed E-state index contributed by atoms with van der Waals surface area (Å²) in [5, 5.41) is 129. The lowest BCUT2D eigenvalue weighted by Gasteiger charge is -2.43. The van der Waals surface area contributed by atoms with E-state index in [4.69, 9.17) is 81.7 Å². The number of rotatable bonds is 34. The second-order valence-electron chi connectivity index (χ2n) is 24.5. The number of hydrogen-bond acceptors (Lipinski definition) is 16. The second-order valence-corrected chi connectivity index (χ2v) is 24.5. The summed E-state index contributed by atoms with van der Waals surface area (Å²) >= 11 is 0. The number of aromatic hydroxyl groups is 2. The van der Waals surface area contributed by atoms with Gasteiger partial charge in [-0.3, -0.25) is 0 Å². The van der Waals surface area contributed by atoms with Crippen molar-refractivity contribution in [3.8, 4) is 11.5 Å². The van der Waals surface area contributed by atoms with Crippen LogP contribution in [-0.4, -0.2) is 316 Å². The number of aliphatic hydroxyl groups is 14. The van der Waals surface area contributed by atoms with Gasteiger partial charge in [0.15, 0.2) is 23.3 Å². The van der Waals surface area contributed by atoms with E-state index >= 15 is 0 Å². The lowest BCUT2D eigenvalue weighted by Crippen LogP contribution is -2.75. The summed E-state index contributed by atoms with van der Waals surface area (Å²) in [6.07, 6.45) is -12.6. The molecule has 0 bridgehead atoms. The molecule has 16 N–H and O–H groups in total. The zero-order valence-electron chi connectivity index (χ0n) is 61.8. The number of aliphatic hydroxyl groups excluding tert-OH is 14. The van der Waals surface area contributed by atoms with Crippen molar-refractivity contribution in [1.29, 1.82) is 0 Å². The number of benzene rings is 3. The molecule has 1 atom stereocenters. The predicted octanol–water partition coefficient (Wildman–Crippen LogP) is 14.5. The van der Waals surface area contributed by atoms with Gasteiger partial charge in [-0.2, -0.15) is 228 Å². The van der Waals surface area contributed by atoms with Gasteiger partial charge in [0, 0.05) is 0 Å². The van der Waals surface area contributed by atoms with Gasteiger partial charge >= 0.3 is 149 Å². The van der Waals surface area contributed by atoms with E-state index in [9.17, 15) is 250 Å². The Labute approximate surface area is 690 Å². The quantitative estimate of drug-likeness (QED) is 0.0195. The van der Waals surface area contributed by atoms with E-state index in [1.807, 2.05) is 0 Å². The van der Waals surface area contributed by atoms with Crippen molar-refractivity contribution in [1.82, 2.24) is 0 Å². The van der Waals surface area contributed by atoms with Crippen LogP contribution in [0.5, 0.6) is 11.5 Å². The highest BCUT2D eigenvalue weighted by atomic mass is 19.4. The first-order chi connectivity index (χ1) is 58.0. The molecule has 0 aliphatic rings. The number of halogens is 57. The first-order valence-corrected chi connectivity index (χ1v) is 31.4. The molecule has 16 nitrogen and oxygen atoms in total. The monoisotopic (exact) mass is 2100 g/mol. The Balaban J connectivity index is -0.000000480. The van der Waals surface area contributed by atoms with Crippen LogP contribution in [0, 0.1) is 23.3 Å². The molecular weight excluding hydrogens is 2050 g/mol. The average Bonchev–Trinajstić information content (AvgIpc) is 0.648. The Morgan fingerprint density at radius 3 is 0.455 bits per heavy atom. The third-order valence-corrected chi connectivity index (χ3v) is 15.3. The van der Waals surface area contributed by atoms with Crippen molar-refractivity contribution in [2.45, 2.75) is 173 Å². The van der Waals surface area contributed by atoms with Gasteiger partial charge in [0.2, 0.25) is 5.41 Å². The third-order valence-electron chi connectivity index (χ3n) is 15.3. The molecule has 0 saturated heterocycles. The van der Waals surface area contributed by atoms with E-state index in [2.05, 4.69) is 0 Å². The fourth-order valence-electron chi connectivity index (χ4n) is 7.31. The first-order valence-electron chi connectivity index (χ1n) is 31.4. The summed E-state index contributed by atoms with van der Waals surface area (Å²) in [5.41, 5.74) is -8.61. The average molecular weight is 2100 g/mol. The maximum Gasteiger partial charge on any atom is 0.411 e. The summed E-state index contributed by atoms with van der Waals surface area (Å²) in [6, 6.07) is 5.30. The molecule has 0 heterocycles. The summed E-state index contributed by atoms with van der Waals surface area (Å²) in [4.78, 5) is 0. The van der Waals surface area contributed by atoms with Crippen molar-refractivity contribution in [3.63, 3.8) is 0 Å². The van der Waals surface area contributed by atoms with E-state index in [0.29, 0.717) is 24.3 Å². The molecule has 0 saturated carbocycles. The molecule has 0 fully saturated rings. The summed E-state index contributed by atoms with van der Waals surface area (Å²) in [6.45, 7) is -31.1. The number of hydrogen-bond donors (Lipinski definition) is 16. The maximum atomic E-state index is 13.6. The van der Waals surface area contributed by atoms with Crippen LogP contribution in [-0.2, 0) is 18.6 Å². The van der Waals surface area contributed by atoms with Gasteiger partial charge < -0.3 is 81.7 Å². The molecule has 0 aliphatic heterocycles. The normalized spacial score (nSPS) is 14.6.